The molecule has 1 aliphatic carbocycles. The fraction of sp³-hybridized carbons (Fsp3) is 0.619. The normalized spacial score (nSPS) is 23.3. The molecular formula is C21H33NO4Si. The molecule has 1 fully saturated rings. The molecule has 0 saturated heterocycles. The van der Waals surface area contributed by atoms with Crippen LogP contribution in [0.3, 0.4) is 0 Å². The van der Waals surface area contributed by atoms with Crippen LogP contribution in [0.5, 0.6) is 0 Å². The number of carbonyl (C=O) groups is 2. The van der Waals surface area contributed by atoms with Gasteiger partial charge in [-0.05, 0) is 56.5 Å². The maximum absolute atomic E-state index is 12.9. The summed E-state index contributed by atoms with van der Waals surface area (Å²) in [5, 5.41) is 12.6. The number of nitrogens with one attached hydrogen (secondary N) is 1. The van der Waals surface area contributed by atoms with Crippen LogP contribution in [0.2, 0.25) is 18.1 Å². The molecule has 0 spiro atoms. The van der Waals surface area contributed by atoms with Crippen LogP contribution in [0.4, 0.5) is 5.69 Å². The summed E-state index contributed by atoms with van der Waals surface area (Å²) in [4.78, 5) is 24.6. The Balaban J connectivity index is 2.14. The summed E-state index contributed by atoms with van der Waals surface area (Å²) in [5.74, 6) is -2.42. The largest absolute Gasteiger partial charge is 0.481 e. The number of benzene rings is 1. The van der Waals surface area contributed by atoms with Crippen LogP contribution in [-0.4, -0.2) is 31.4 Å². The molecule has 1 saturated carbocycles. The highest BCUT2D eigenvalue weighted by Gasteiger charge is 2.47. The molecule has 5 nitrogen and oxygen atoms in total. The van der Waals surface area contributed by atoms with Crippen LogP contribution in [0.1, 0.15) is 44.7 Å². The number of hydrogen-bond donors (Lipinski definition) is 2. The Morgan fingerprint density at radius 1 is 1.15 bits per heavy atom. The predicted molar refractivity (Wildman–Crippen MR) is 110 cm³/mol. The van der Waals surface area contributed by atoms with Crippen molar-refractivity contribution in [2.45, 2.75) is 71.7 Å². The maximum atomic E-state index is 12.9. The summed E-state index contributed by atoms with van der Waals surface area (Å²) in [6.45, 7) is 14.7. The van der Waals surface area contributed by atoms with Crippen molar-refractivity contribution >= 4 is 25.9 Å². The fourth-order valence-corrected chi connectivity index (χ4v) is 4.80. The molecular weight excluding hydrogens is 358 g/mol. The number of hydrogen-bond acceptors (Lipinski definition) is 3. The molecule has 0 bridgehead atoms. The molecule has 2 rings (SSSR count). The van der Waals surface area contributed by atoms with Gasteiger partial charge in [0.05, 0.1) is 11.8 Å². The molecule has 1 amide bonds. The summed E-state index contributed by atoms with van der Waals surface area (Å²) >= 11 is 0. The number of amides is 1. The molecule has 2 N–H and O–H groups in total. The van der Waals surface area contributed by atoms with Gasteiger partial charge in [0.15, 0.2) is 8.32 Å². The van der Waals surface area contributed by atoms with Gasteiger partial charge < -0.3 is 14.8 Å². The number of carboxylic acids is 1. The number of aliphatic carboxylic acids is 1. The van der Waals surface area contributed by atoms with Crippen LogP contribution in [-0.2, 0) is 14.0 Å². The number of rotatable bonds is 5. The van der Waals surface area contributed by atoms with Gasteiger partial charge in [-0.3, -0.25) is 9.59 Å². The second-order valence-electron chi connectivity index (χ2n) is 9.33. The lowest BCUT2D eigenvalue weighted by Crippen LogP contribution is -2.43. The smallest absolute Gasteiger partial charge is 0.307 e. The van der Waals surface area contributed by atoms with Gasteiger partial charge in [-0.2, -0.15) is 0 Å². The van der Waals surface area contributed by atoms with Gasteiger partial charge in [0.2, 0.25) is 5.91 Å². The Morgan fingerprint density at radius 2 is 1.74 bits per heavy atom. The van der Waals surface area contributed by atoms with E-state index in [0.29, 0.717) is 12.8 Å². The van der Waals surface area contributed by atoms with Gasteiger partial charge in [0.25, 0.3) is 0 Å². The van der Waals surface area contributed by atoms with Crippen molar-refractivity contribution in [3.8, 4) is 0 Å². The zero-order chi connectivity index (χ0) is 20.6. The summed E-state index contributed by atoms with van der Waals surface area (Å²) in [6.07, 6.45) is 0.675. The summed E-state index contributed by atoms with van der Waals surface area (Å²) in [5.41, 5.74) is 2.84. The number of anilines is 1. The van der Waals surface area contributed by atoms with Crippen LogP contribution in [0, 0.1) is 25.7 Å². The minimum Gasteiger partial charge on any atom is -0.481 e. The summed E-state index contributed by atoms with van der Waals surface area (Å²) in [7, 11) is -2.01. The first kappa shape index (κ1) is 21.6. The molecule has 0 unspecified atom stereocenters. The van der Waals surface area contributed by atoms with E-state index >= 15 is 0 Å². The molecule has 6 heteroatoms. The molecule has 0 aromatic heterocycles. The minimum absolute atomic E-state index is 0.0467. The van der Waals surface area contributed by atoms with E-state index in [9.17, 15) is 14.7 Å². The van der Waals surface area contributed by atoms with E-state index in [1.54, 1.807) is 0 Å². The highest BCUT2D eigenvalue weighted by molar-refractivity contribution is 6.74. The van der Waals surface area contributed by atoms with Crippen LogP contribution >= 0.6 is 0 Å². The average Bonchev–Trinajstić information content (AvgIpc) is 2.92. The predicted octanol–water partition coefficient (Wildman–Crippen LogP) is 4.74. The van der Waals surface area contributed by atoms with E-state index in [4.69, 9.17) is 4.43 Å². The fourth-order valence-electron chi connectivity index (χ4n) is 3.42. The van der Waals surface area contributed by atoms with E-state index < -0.39 is 26.1 Å². The number of carboxylic acid groups (broad SMARTS) is 1. The van der Waals surface area contributed by atoms with Crippen molar-refractivity contribution in [2.75, 3.05) is 5.32 Å². The van der Waals surface area contributed by atoms with E-state index in [1.807, 2.05) is 32.0 Å². The first-order valence-electron chi connectivity index (χ1n) is 9.60. The molecule has 1 aromatic rings. The van der Waals surface area contributed by atoms with Gasteiger partial charge in [-0.1, -0.05) is 38.5 Å². The molecule has 0 radical (unpaired) electrons. The summed E-state index contributed by atoms with van der Waals surface area (Å²) in [6, 6.07) is 5.81. The van der Waals surface area contributed by atoms with Crippen molar-refractivity contribution in [2.24, 2.45) is 11.8 Å². The molecule has 0 heterocycles. The number of aryl methyl sites for hydroxylation is 2. The molecule has 27 heavy (non-hydrogen) atoms. The van der Waals surface area contributed by atoms with Crippen molar-refractivity contribution in [3.63, 3.8) is 0 Å². The van der Waals surface area contributed by atoms with E-state index in [1.165, 1.54) is 0 Å². The highest BCUT2D eigenvalue weighted by atomic mass is 28.4. The van der Waals surface area contributed by atoms with Crippen LogP contribution in [0.15, 0.2) is 18.2 Å². The SMILES string of the molecule is Cc1ccc(NC(=O)[C@H]2C[C@@H](O[Si](C)(C)C(C)(C)C)C[C@@H]2C(=O)O)c(C)c1. The molecule has 1 aliphatic rings. The van der Waals surface area contributed by atoms with Gasteiger partial charge in [-0.15, -0.1) is 0 Å². The van der Waals surface area contributed by atoms with Crippen molar-refractivity contribution in [1.82, 2.24) is 0 Å². The Labute approximate surface area is 163 Å². The lowest BCUT2D eigenvalue weighted by Gasteiger charge is -2.38. The third-order valence-corrected chi connectivity index (χ3v) is 10.6. The van der Waals surface area contributed by atoms with Crippen LogP contribution in [0.25, 0.3) is 0 Å². The van der Waals surface area contributed by atoms with E-state index in [2.05, 4.69) is 39.2 Å². The second-order valence-corrected chi connectivity index (χ2v) is 14.1. The maximum Gasteiger partial charge on any atom is 0.307 e. The Kier molecular flexibility index (Phi) is 6.22. The molecule has 0 aliphatic heterocycles. The third-order valence-electron chi connectivity index (χ3n) is 6.08. The molecule has 150 valence electrons. The minimum atomic E-state index is -2.01. The Hall–Kier alpha value is -1.66. The lowest BCUT2D eigenvalue weighted by atomic mass is 9.95. The second kappa shape index (κ2) is 7.76. The highest BCUT2D eigenvalue weighted by Crippen LogP contribution is 2.42. The van der Waals surface area contributed by atoms with Gasteiger partial charge >= 0.3 is 5.97 Å². The first-order valence-corrected chi connectivity index (χ1v) is 12.5. The van der Waals surface area contributed by atoms with Gasteiger partial charge in [-0.25, -0.2) is 0 Å². The van der Waals surface area contributed by atoms with E-state index in [0.717, 1.165) is 16.8 Å². The zero-order valence-corrected chi connectivity index (χ0v) is 18.6. The van der Waals surface area contributed by atoms with E-state index in [-0.39, 0.29) is 17.0 Å². The quantitative estimate of drug-likeness (QED) is 0.711. The molecule has 1 aromatic carbocycles. The topological polar surface area (TPSA) is 75.6 Å². The monoisotopic (exact) mass is 391 g/mol. The van der Waals surface area contributed by atoms with Crippen LogP contribution < -0.4 is 5.32 Å². The Bertz CT molecular complexity index is 723. The Morgan fingerprint density at radius 3 is 2.26 bits per heavy atom. The molecule has 3 atom stereocenters. The standard InChI is InChI=1S/C21H33NO4Si/c1-13-8-9-18(14(2)10-13)22-19(23)16-11-15(12-17(16)20(24)25)26-27(6,7)21(3,4)5/h8-10,15-17H,11-12H2,1-7H3,(H,22,23)(H,24,25)/t15-,16+,17+/m1/s1. The van der Waals surface area contributed by atoms with Crippen molar-refractivity contribution in [3.05, 3.63) is 29.3 Å². The third kappa shape index (κ3) is 4.99. The number of carbonyl (C=O) groups excluding carboxylic acids is 1. The first-order chi connectivity index (χ1) is 12.3. The average molecular weight is 392 g/mol. The van der Waals surface area contributed by atoms with Crippen molar-refractivity contribution < 1.29 is 19.1 Å². The van der Waals surface area contributed by atoms with Gasteiger partial charge in [0, 0.05) is 11.8 Å². The van der Waals surface area contributed by atoms with Gasteiger partial charge in [0.1, 0.15) is 0 Å². The zero-order valence-electron chi connectivity index (χ0n) is 17.6. The lowest BCUT2D eigenvalue weighted by molar-refractivity contribution is -0.145. The summed E-state index contributed by atoms with van der Waals surface area (Å²) < 4.78 is 6.41. The van der Waals surface area contributed by atoms with Crippen molar-refractivity contribution in [1.29, 1.82) is 0 Å².